The standard InChI is InChI=1S/C28H41N3O4S/c1-20(2)18-29-28(33)24(6)30(19-25-12-9-8-11-23(25)5)27(32)13-10-14-31(36(7,34)35)26-16-21(3)15-22(4)17-26/h8-9,11-12,15-17,20,24H,10,13-14,18-19H2,1-7H3,(H,29,33). The van der Waals surface area contributed by atoms with Crippen LogP contribution in [-0.2, 0) is 26.2 Å². The molecule has 7 nitrogen and oxygen atoms in total. The van der Waals surface area contributed by atoms with Gasteiger partial charge in [0.25, 0.3) is 0 Å². The summed E-state index contributed by atoms with van der Waals surface area (Å²) in [6.45, 7) is 12.6. The summed E-state index contributed by atoms with van der Waals surface area (Å²) in [5, 5.41) is 2.92. The van der Waals surface area contributed by atoms with E-state index in [2.05, 4.69) is 5.32 Å². The zero-order valence-electron chi connectivity index (χ0n) is 22.7. The molecule has 0 heterocycles. The molecule has 0 saturated carbocycles. The lowest BCUT2D eigenvalue weighted by molar-refractivity contribution is -0.140. The summed E-state index contributed by atoms with van der Waals surface area (Å²) in [4.78, 5) is 27.8. The van der Waals surface area contributed by atoms with Crippen LogP contribution in [0.4, 0.5) is 5.69 Å². The molecule has 1 N–H and O–H groups in total. The number of anilines is 1. The largest absolute Gasteiger partial charge is 0.354 e. The molecule has 2 rings (SSSR count). The van der Waals surface area contributed by atoms with Gasteiger partial charge in [0.1, 0.15) is 6.04 Å². The number of nitrogens with one attached hydrogen (secondary N) is 1. The lowest BCUT2D eigenvalue weighted by atomic mass is 10.1. The number of carbonyl (C=O) groups is 2. The highest BCUT2D eigenvalue weighted by Gasteiger charge is 2.27. The maximum absolute atomic E-state index is 13.4. The molecule has 1 unspecified atom stereocenters. The third-order valence-electron chi connectivity index (χ3n) is 6.10. The maximum atomic E-state index is 13.4. The molecule has 198 valence electrons. The molecule has 8 heteroatoms. The highest BCUT2D eigenvalue weighted by molar-refractivity contribution is 7.92. The van der Waals surface area contributed by atoms with Crippen molar-refractivity contribution in [2.75, 3.05) is 23.7 Å². The lowest BCUT2D eigenvalue weighted by Gasteiger charge is -2.30. The Hall–Kier alpha value is -2.87. The fraction of sp³-hybridized carbons (Fsp3) is 0.500. The second-order valence-corrected chi connectivity index (χ2v) is 12.0. The van der Waals surface area contributed by atoms with Crippen LogP contribution >= 0.6 is 0 Å². The number of carbonyl (C=O) groups excluding carboxylic acids is 2. The number of rotatable bonds is 12. The van der Waals surface area contributed by atoms with Crippen molar-refractivity contribution in [2.45, 2.75) is 67.0 Å². The van der Waals surface area contributed by atoms with E-state index in [1.54, 1.807) is 11.8 Å². The van der Waals surface area contributed by atoms with Gasteiger partial charge in [-0.05, 0) is 74.4 Å². The molecular formula is C28H41N3O4S. The van der Waals surface area contributed by atoms with Crippen LogP contribution in [0, 0.1) is 26.7 Å². The summed E-state index contributed by atoms with van der Waals surface area (Å²) in [7, 11) is -3.52. The van der Waals surface area contributed by atoms with E-state index in [9.17, 15) is 18.0 Å². The third-order valence-corrected chi connectivity index (χ3v) is 7.29. The zero-order valence-corrected chi connectivity index (χ0v) is 23.5. The SMILES string of the molecule is Cc1cc(C)cc(N(CCCC(=O)N(Cc2ccccc2C)C(C)C(=O)NCC(C)C)S(C)(=O)=O)c1. The Bertz CT molecular complexity index is 1140. The van der Waals surface area contributed by atoms with Crippen LogP contribution in [-0.4, -0.2) is 50.5 Å². The van der Waals surface area contributed by atoms with Gasteiger partial charge >= 0.3 is 0 Å². The summed E-state index contributed by atoms with van der Waals surface area (Å²) in [5.74, 6) is -0.0770. The van der Waals surface area contributed by atoms with Crippen molar-refractivity contribution in [1.82, 2.24) is 10.2 Å². The number of hydrogen-bond acceptors (Lipinski definition) is 4. The van der Waals surface area contributed by atoms with E-state index in [0.29, 0.717) is 31.1 Å². The van der Waals surface area contributed by atoms with E-state index in [-0.39, 0.29) is 24.8 Å². The van der Waals surface area contributed by atoms with E-state index in [4.69, 9.17) is 0 Å². The minimum atomic E-state index is -3.52. The summed E-state index contributed by atoms with van der Waals surface area (Å²) in [6, 6.07) is 12.8. The average Bonchev–Trinajstić information content (AvgIpc) is 2.77. The number of sulfonamides is 1. The van der Waals surface area contributed by atoms with Crippen molar-refractivity contribution < 1.29 is 18.0 Å². The number of amides is 2. The Balaban J connectivity index is 2.20. The fourth-order valence-corrected chi connectivity index (χ4v) is 5.05. The number of hydrogen-bond donors (Lipinski definition) is 1. The quantitative estimate of drug-likeness (QED) is 0.455. The van der Waals surface area contributed by atoms with Crippen molar-refractivity contribution in [2.24, 2.45) is 5.92 Å². The van der Waals surface area contributed by atoms with Gasteiger partial charge in [-0.3, -0.25) is 13.9 Å². The lowest BCUT2D eigenvalue weighted by Crippen LogP contribution is -2.48. The first-order valence-corrected chi connectivity index (χ1v) is 14.3. The van der Waals surface area contributed by atoms with Gasteiger partial charge in [0, 0.05) is 26.1 Å². The van der Waals surface area contributed by atoms with Crippen LogP contribution in [0.25, 0.3) is 0 Å². The van der Waals surface area contributed by atoms with Gasteiger partial charge in [0.05, 0.1) is 11.9 Å². The highest BCUT2D eigenvalue weighted by atomic mass is 32.2. The van der Waals surface area contributed by atoms with Crippen LogP contribution < -0.4 is 9.62 Å². The average molecular weight is 516 g/mol. The second kappa shape index (κ2) is 12.9. The number of aryl methyl sites for hydroxylation is 3. The van der Waals surface area contributed by atoms with Crippen LogP contribution in [0.1, 0.15) is 55.9 Å². The molecule has 0 radical (unpaired) electrons. The molecule has 2 amide bonds. The van der Waals surface area contributed by atoms with E-state index in [1.165, 1.54) is 10.6 Å². The van der Waals surface area contributed by atoms with Crippen LogP contribution in [0.2, 0.25) is 0 Å². The molecule has 1 atom stereocenters. The van der Waals surface area contributed by atoms with Gasteiger partial charge in [-0.1, -0.05) is 44.2 Å². The number of nitrogens with zero attached hydrogens (tertiary/aromatic N) is 2. The van der Waals surface area contributed by atoms with Crippen molar-refractivity contribution in [3.8, 4) is 0 Å². The summed E-state index contributed by atoms with van der Waals surface area (Å²) in [5.41, 5.74) is 4.56. The molecule has 0 aliphatic rings. The first kappa shape index (κ1) is 29.4. The minimum absolute atomic E-state index is 0.129. The first-order valence-electron chi connectivity index (χ1n) is 12.5. The molecule has 0 spiro atoms. The Labute approximate surface area is 216 Å². The molecule has 0 aromatic heterocycles. The highest BCUT2D eigenvalue weighted by Crippen LogP contribution is 2.22. The predicted molar refractivity (Wildman–Crippen MR) is 146 cm³/mol. The topological polar surface area (TPSA) is 86.8 Å². The van der Waals surface area contributed by atoms with Crippen LogP contribution in [0.15, 0.2) is 42.5 Å². The van der Waals surface area contributed by atoms with Crippen LogP contribution in [0.3, 0.4) is 0 Å². The van der Waals surface area contributed by atoms with Crippen molar-refractivity contribution in [1.29, 1.82) is 0 Å². The first-order chi connectivity index (χ1) is 16.8. The molecule has 0 fully saturated rings. The monoisotopic (exact) mass is 515 g/mol. The van der Waals surface area contributed by atoms with Crippen molar-refractivity contribution >= 4 is 27.5 Å². The third kappa shape index (κ3) is 8.66. The predicted octanol–water partition coefficient (Wildman–Crippen LogP) is 4.35. The zero-order chi connectivity index (χ0) is 27.0. The Morgan fingerprint density at radius 2 is 1.58 bits per heavy atom. The van der Waals surface area contributed by atoms with E-state index in [0.717, 1.165) is 22.3 Å². The Morgan fingerprint density at radius 1 is 0.972 bits per heavy atom. The molecule has 0 saturated heterocycles. The molecule has 2 aromatic carbocycles. The van der Waals surface area contributed by atoms with Gasteiger partial charge in [-0.15, -0.1) is 0 Å². The second-order valence-electron chi connectivity index (χ2n) is 10.0. The van der Waals surface area contributed by atoms with Gasteiger partial charge in [0.2, 0.25) is 21.8 Å². The van der Waals surface area contributed by atoms with Crippen molar-refractivity contribution in [3.05, 3.63) is 64.7 Å². The normalized spacial score (nSPS) is 12.3. The maximum Gasteiger partial charge on any atom is 0.242 e. The smallest absolute Gasteiger partial charge is 0.242 e. The summed E-state index contributed by atoms with van der Waals surface area (Å²) >= 11 is 0. The van der Waals surface area contributed by atoms with Gasteiger partial charge in [-0.25, -0.2) is 8.42 Å². The summed E-state index contributed by atoms with van der Waals surface area (Å²) in [6.07, 6.45) is 1.64. The summed E-state index contributed by atoms with van der Waals surface area (Å²) < 4.78 is 26.4. The minimum Gasteiger partial charge on any atom is -0.354 e. The molecule has 0 bridgehead atoms. The Kier molecular flexibility index (Phi) is 10.5. The molecule has 2 aromatic rings. The van der Waals surface area contributed by atoms with Crippen molar-refractivity contribution in [3.63, 3.8) is 0 Å². The van der Waals surface area contributed by atoms with Crippen LogP contribution in [0.5, 0.6) is 0 Å². The fourth-order valence-electron chi connectivity index (χ4n) is 4.10. The Morgan fingerprint density at radius 3 is 2.14 bits per heavy atom. The van der Waals surface area contributed by atoms with Gasteiger partial charge < -0.3 is 10.2 Å². The van der Waals surface area contributed by atoms with E-state index in [1.807, 2.05) is 77.1 Å². The van der Waals surface area contributed by atoms with Gasteiger partial charge in [0.15, 0.2) is 0 Å². The molecule has 36 heavy (non-hydrogen) atoms. The molecular weight excluding hydrogens is 474 g/mol. The molecule has 0 aliphatic carbocycles. The van der Waals surface area contributed by atoms with E-state index >= 15 is 0 Å². The van der Waals surface area contributed by atoms with Gasteiger partial charge in [-0.2, -0.15) is 0 Å². The molecule has 0 aliphatic heterocycles. The number of benzene rings is 2. The van der Waals surface area contributed by atoms with E-state index < -0.39 is 16.1 Å².